The van der Waals surface area contributed by atoms with E-state index in [1.165, 1.54) is 0 Å². The first-order valence-electron chi connectivity index (χ1n) is 6.98. The zero-order valence-corrected chi connectivity index (χ0v) is 11.7. The van der Waals surface area contributed by atoms with Gasteiger partial charge in [-0.2, -0.15) is 0 Å². The Morgan fingerprint density at radius 3 is 2.90 bits per heavy atom. The Morgan fingerprint density at radius 2 is 2.20 bits per heavy atom. The molecule has 1 aliphatic rings. The summed E-state index contributed by atoms with van der Waals surface area (Å²) in [6.07, 6.45) is 2.28. The molecule has 20 heavy (non-hydrogen) atoms. The number of rotatable bonds is 6. The summed E-state index contributed by atoms with van der Waals surface area (Å²) in [6, 6.07) is 5.29. The van der Waals surface area contributed by atoms with Crippen molar-refractivity contribution in [2.24, 2.45) is 0 Å². The van der Waals surface area contributed by atoms with E-state index in [9.17, 15) is 9.59 Å². The molecule has 0 radical (unpaired) electrons. The highest BCUT2D eigenvalue weighted by Gasteiger charge is 2.21. The molecule has 0 aromatic heterocycles. The first-order valence-corrected chi connectivity index (χ1v) is 6.98. The lowest BCUT2D eigenvalue weighted by Gasteiger charge is -2.21. The maximum absolute atomic E-state index is 12.4. The molecule has 0 saturated carbocycles. The van der Waals surface area contributed by atoms with Gasteiger partial charge in [0.05, 0.1) is 13.0 Å². The second-order valence-corrected chi connectivity index (χ2v) is 4.97. The quantitative estimate of drug-likeness (QED) is 0.825. The molecule has 0 aliphatic carbocycles. The third-order valence-electron chi connectivity index (χ3n) is 3.42. The molecular formula is C15H20N2O3. The first kappa shape index (κ1) is 14.5. The van der Waals surface area contributed by atoms with E-state index in [1.54, 1.807) is 17.0 Å². The van der Waals surface area contributed by atoms with Crippen LogP contribution in [-0.2, 0) is 11.2 Å². The summed E-state index contributed by atoms with van der Waals surface area (Å²) in [4.78, 5) is 25.4. The molecule has 1 aliphatic heterocycles. The SMILES string of the molecule is CCCCN(CCO)C(=O)c1ccc2c(c1)NC(=O)C2. The predicted octanol–water partition coefficient (Wildman–Crippen LogP) is 1.42. The van der Waals surface area contributed by atoms with Gasteiger partial charge in [0.15, 0.2) is 0 Å². The van der Waals surface area contributed by atoms with Crippen LogP contribution in [0.1, 0.15) is 35.7 Å². The van der Waals surface area contributed by atoms with Crippen LogP contribution >= 0.6 is 0 Å². The van der Waals surface area contributed by atoms with Gasteiger partial charge in [-0.05, 0) is 24.1 Å². The number of nitrogens with zero attached hydrogens (tertiary/aromatic N) is 1. The van der Waals surface area contributed by atoms with E-state index in [-0.39, 0.29) is 18.4 Å². The monoisotopic (exact) mass is 276 g/mol. The number of benzene rings is 1. The number of amides is 2. The highest BCUT2D eigenvalue weighted by Crippen LogP contribution is 2.24. The normalized spacial score (nSPS) is 13.0. The summed E-state index contributed by atoms with van der Waals surface area (Å²) < 4.78 is 0. The fourth-order valence-corrected chi connectivity index (χ4v) is 2.31. The molecule has 5 heteroatoms. The van der Waals surface area contributed by atoms with Crippen LogP contribution in [0, 0.1) is 0 Å². The number of nitrogens with one attached hydrogen (secondary N) is 1. The molecule has 1 heterocycles. The highest BCUT2D eigenvalue weighted by atomic mass is 16.3. The number of unbranched alkanes of at least 4 members (excludes halogenated alkanes) is 1. The van der Waals surface area contributed by atoms with Gasteiger partial charge >= 0.3 is 0 Å². The van der Waals surface area contributed by atoms with Crippen LogP contribution in [0.3, 0.4) is 0 Å². The standard InChI is InChI=1S/C15H20N2O3/c1-2-3-6-17(7-8-18)15(20)12-5-4-11-10-14(19)16-13(11)9-12/h4-5,9,18H,2-3,6-8,10H2,1H3,(H,16,19). The Hall–Kier alpha value is -1.88. The molecule has 5 nitrogen and oxygen atoms in total. The fraction of sp³-hybridized carbons (Fsp3) is 0.467. The molecular weight excluding hydrogens is 256 g/mol. The topological polar surface area (TPSA) is 69.6 Å². The molecule has 1 aromatic rings. The lowest BCUT2D eigenvalue weighted by atomic mass is 10.1. The van der Waals surface area contributed by atoms with E-state index in [1.807, 2.05) is 6.07 Å². The van der Waals surface area contributed by atoms with E-state index in [0.717, 1.165) is 24.1 Å². The Kier molecular flexibility index (Phi) is 4.74. The molecule has 2 rings (SSSR count). The summed E-state index contributed by atoms with van der Waals surface area (Å²) in [5, 5.41) is 11.8. The van der Waals surface area contributed by atoms with Crippen molar-refractivity contribution in [3.05, 3.63) is 29.3 Å². The third kappa shape index (κ3) is 3.17. The molecule has 0 spiro atoms. The minimum absolute atomic E-state index is 0.0391. The first-order chi connectivity index (χ1) is 9.65. The number of carbonyl (C=O) groups is 2. The largest absolute Gasteiger partial charge is 0.395 e. The van der Waals surface area contributed by atoms with Crippen molar-refractivity contribution >= 4 is 17.5 Å². The number of hydrogen-bond donors (Lipinski definition) is 2. The highest BCUT2D eigenvalue weighted by molar-refractivity contribution is 6.02. The van der Waals surface area contributed by atoms with Crippen LogP contribution in [0.4, 0.5) is 5.69 Å². The van der Waals surface area contributed by atoms with Gasteiger partial charge in [0, 0.05) is 24.3 Å². The van der Waals surface area contributed by atoms with Crippen molar-refractivity contribution in [2.45, 2.75) is 26.2 Å². The van der Waals surface area contributed by atoms with Gasteiger partial charge in [-0.1, -0.05) is 19.4 Å². The summed E-state index contributed by atoms with van der Waals surface area (Å²) >= 11 is 0. The van der Waals surface area contributed by atoms with Crippen LogP contribution in [0.5, 0.6) is 0 Å². The van der Waals surface area contributed by atoms with E-state index < -0.39 is 0 Å². The van der Waals surface area contributed by atoms with E-state index >= 15 is 0 Å². The lowest BCUT2D eigenvalue weighted by molar-refractivity contribution is -0.115. The number of hydrogen-bond acceptors (Lipinski definition) is 3. The van der Waals surface area contributed by atoms with Gasteiger partial charge < -0.3 is 15.3 Å². The molecule has 2 N–H and O–H groups in total. The van der Waals surface area contributed by atoms with Crippen LogP contribution in [0.2, 0.25) is 0 Å². The molecule has 0 fully saturated rings. The minimum Gasteiger partial charge on any atom is -0.395 e. The molecule has 0 unspecified atom stereocenters. The minimum atomic E-state index is -0.101. The Labute approximate surface area is 118 Å². The van der Waals surface area contributed by atoms with Crippen LogP contribution in [0.15, 0.2) is 18.2 Å². The maximum Gasteiger partial charge on any atom is 0.254 e. The zero-order chi connectivity index (χ0) is 14.5. The van der Waals surface area contributed by atoms with Gasteiger partial charge in [-0.3, -0.25) is 9.59 Å². The Morgan fingerprint density at radius 1 is 1.40 bits per heavy atom. The van der Waals surface area contributed by atoms with Crippen molar-refractivity contribution in [3.8, 4) is 0 Å². The molecule has 1 aromatic carbocycles. The fourth-order valence-electron chi connectivity index (χ4n) is 2.31. The molecule has 0 bridgehead atoms. The average molecular weight is 276 g/mol. The molecule has 0 atom stereocenters. The van der Waals surface area contributed by atoms with Gasteiger partial charge in [-0.15, -0.1) is 0 Å². The van der Waals surface area contributed by atoms with Gasteiger partial charge in [0.2, 0.25) is 5.91 Å². The third-order valence-corrected chi connectivity index (χ3v) is 3.42. The van der Waals surface area contributed by atoms with Crippen LogP contribution in [0.25, 0.3) is 0 Å². The van der Waals surface area contributed by atoms with Crippen molar-refractivity contribution in [1.82, 2.24) is 4.90 Å². The Balaban J connectivity index is 2.15. The van der Waals surface area contributed by atoms with Gasteiger partial charge in [-0.25, -0.2) is 0 Å². The van der Waals surface area contributed by atoms with Crippen molar-refractivity contribution < 1.29 is 14.7 Å². The summed E-state index contributed by atoms with van der Waals surface area (Å²) in [5.74, 6) is -0.140. The van der Waals surface area contributed by atoms with Gasteiger partial charge in [0.25, 0.3) is 5.91 Å². The second-order valence-electron chi connectivity index (χ2n) is 4.97. The average Bonchev–Trinajstić information content (AvgIpc) is 2.81. The van der Waals surface area contributed by atoms with Crippen molar-refractivity contribution in [1.29, 1.82) is 0 Å². The summed E-state index contributed by atoms with van der Waals surface area (Å²) in [5.41, 5.74) is 2.20. The maximum atomic E-state index is 12.4. The van der Waals surface area contributed by atoms with E-state index in [0.29, 0.717) is 25.1 Å². The summed E-state index contributed by atoms with van der Waals surface area (Å²) in [6.45, 7) is 2.99. The lowest BCUT2D eigenvalue weighted by Crippen LogP contribution is -2.34. The molecule has 2 amide bonds. The smallest absolute Gasteiger partial charge is 0.254 e. The second kappa shape index (κ2) is 6.52. The molecule has 108 valence electrons. The summed E-state index contributed by atoms with van der Waals surface area (Å²) in [7, 11) is 0. The number of aliphatic hydroxyl groups excluding tert-OH is 1. The van der Waals surface area contributed by atoms with Gasteiger partial charge in [0.1, 0.15) is 0 Å². The van der Waals surface area contributed by atoms with E-state index in [2.05, 4.69) is 12.2 Å². The number of carbonyl (C=O) groups excluding carboxylic acids is 2. The van der Waals surface area contributed by atoms with Crippen molar-refractivity contribution in [3.63, 3.8) is 0 Å². The Bertz CT molecular complexity index is 514. The predicted molar refractivity (Wildman–Crippen MR) is 76.7 cm³/mol. The molecule has 0 saturated heterocycles. The zero-order valence-electron chi connectivity index (χ0n) is 11.7. The van der Waals surface area contributed by atoms with Crippen LogP contribution < -0.4 is 5.32 Å². The van der Waals surface area contributed by atoms with E-state index in [4.69, 9.17) is 5.11 Å². The number of fused-ring (bicyclic) bond motifs is 1. The number of anilines is 1. The number of aliphatic hydroxyl groups is 1. The van der Waals surface area contributed by atoms with Crippen molar-refractivity contribution in [2.75, 3.05) is 25.0 Å². The van der Waals surface area contributed by atoms with Crippen LogP contribution in [-0.4, -0.2) is 41.5 Å².